The number of aromatic nitrogens is 1. The van der Waals surface area contributed by atoms with E-state index < -0.39 is 0 Å². The molecule has 28 heavy (non-hydrogen) atoms. The fourth-order valence-electron chi connectivity index (χ4n) is 2.42. The van der Waals surface area contributed by atoms with Gasteiger partial charge in [0.25, 0.3) is 5.91 Å². The number of ether oxygens (including phenoxy) is 1. The van der Waals surface area contributed by atoms with Crippen molar-refractivity contribution in [2.75, 3.05) is 7.05 Å². The summed E-state index contributed by atoms with van der Waals surface area (Å²) in [5, 5.41) is 3.68. The highest BCUT2D eigenvalue weighted by Gasteiger charge is 2.19. The van der Waals surface area contributed by atoms with Crippen molar-refractivity contribution in [3.63, 3.8) is 0 Å². The number of carbonyl (C=O) groups is 1. The zero-order valence-corrected chi connectivity index (χ0v) is 18.1. The van der Waals surface area contributed by atoms with Gasteiger partial charge in [-0.1, -0.05) is 35.3 Å². The number of hydrogen-bond acceptors (Lipinski definition) is 4. The van der Waals surface area contributed by atoms with Gasteiger partial charge in [-0.05, 0) is 49.7 Å². The van der Waals surface area contributed by atoms with Crippen LogP contribution >= 0.6 is 34.5 Å². The van der Waals surface area contributed by atoms with Gasteiger partial charge in [-0.15, -0.1) is 11.3 Å². The predicted octanol–water partition coefficient (Wildman–Crippen LogP) is 6.18. The third-order valence-electron chi connectivity index (χ3n) is 4.31. The maximum atomic E-state index is 12.4. The van der Waals surface area contributed by atoms with Gasteiger partial charge in [0.15, 0.2) is 0 Å². The van der Waals surface area contributed by atoms with Crippen LogP contribution in [0.15, 0.2) is 47.8 Å². The molecule has 1 amide bonds. The van der Waals surface area contributed by atoms with Gasteiger partial charge in [0.1, 0.15) is 23.1 Å². The Morgan fingerprint density at radius 2 is 1.89 bits per heavy atom. The molecule has 0 aliphatic heterocycles. The lowest BCUT2D eigenvalue weighted by molar-refractivity contribution is 0.0750. The monoisotopic (exact) mass is 434 g/mol. The average Bonchev–Trinajstić information content (AvgIpc) is 3.16. The number of rotatable bonds is 6. The molecule has 3 aromatic rings. The summed E-state index contributed by atoms with van der Waals surface area (Å²) in [4.78, 5) is 18.5. The first-order chi connectivity index (χ1) is 13.3. The van der Waals surface area contributed by atoms with Crippen LogP contribution in [0.1, 0.15) is 29.9 Å². The van der Waals surface area contributed by atoms with Crippen LogP contribution in [-0.4, -0.2) is 28.9 Å². The lowest BCUT2D eigenvalue weighted by atomic mass is 10.2. The zero-order chi connectivity index (χ0) is 20.3. The highest BCUT2D eigenvalue weighted by molar-refractivity contribution is 7.13. The number of amides is 1. The second kappa shape index (κ2) is 8.95. The molecule has 0 radical (unpaired) electrons. The second-order valence-corrected chi connectivity index (χ2v) is 8.31. The molecule has 4 nitrogen and oxygen atoms in total. The van der Waals surface area contributed by atoms with E-state index >= 15 is 0 Å². The van der Waals surface area contributed by atoms with Gasteiger partial charge in [0, 0.05) is 29.1 Å². The summed E-state index contributed by atoms with van der Waals surface area (Å²) in [5.74, 6) is 0.563. The van der Waals surface area contributed by atoms with Gasteiger partial charge < -0.3 is 9.64 Å². The van der Waals surface area contributed by atoms with E-state index in [9.17, 15) is 4.79 Å². The number of nitrogens with zero attached hydrogens (tertiary/aromatic N) is 2. The summed E-state index contributed by atoms with van der Waals surface area (Å²) >= 11 is 13.7. The van der Waals surface area contributed by atoms with Gasteiger partial charge in [-0.25, -0.2) is 4.98 Å². The van der Waals surface area contributed by atoms with E-state index in [-0.39, 0.29) is 11.9 Å². The van der Waals surface area contributed by atoms with Crippen molar-refractivity contribution in [3.05, 3.63) is 69.1 Å². The number of halogens is 2. The van der Waals surface area contributed by atoms with Crippen molar-refractivity contribution in [2.45, 2.75) is 26.5 Å². The van der Waals surface area contributed by atoms with Crippen molar-refractivity contribution in [3.8, 4) is 16.3 Å². The standard InChI is InChI=1S/C21H20Cl2N2O2S/c1-13(2)25(3)21(26)19-12-28-20(24-19)17-9-8-16(10-18(17)23)27-11-14-4-6-15(22)7-5-14/h4-10,12-13H,11H2,1-3H3. The molecule has 0 aliphatic rings. The molecule has 0 fully saturated rings. The quantitative estimate of drug-likeness (QED) is 0.465. The molecule has 0 unspecified atom stereocenters. The number of hydrogen-bond donors (Lipinski definition) is 0. The van der Waals surface area contributed by atoms with Crippen molar-refractivity contribution in [2.24, 2.45) is 0 Å². The SMILES string of the molecule is CC(C)N(C)C(=O)c1csc(-c2ccc(OCc3ccc(Cl)cc3)cc2Cl)n1. The Morgan fingerprint density at radius 3 is 2.54 bits per heavy atom. The van der Waals surface area contributed by atoms with Crippen LogP contribution < -0.4 is 4.74 Å². The fourth-order valence-corrected chi connectivity index (χ4v) is 3.69. The molecule has 0 saturated carbocycles. The molecule has 146 valence electrons. The van der Waals surface area contributed by atoms with E-state index in [0.29, 0.717) is 33.1 Å². The first-order valence-electron chi connectivity index (χ1n) is 8.75. The van der Waals surface area contributed by atoms with Gasteiger partial charge in [0.05, 0.1) is 5.02 Å². The maximum absolute atomic E-state index is 12.4. The highest BCUT2D eigenvalue weighted by atomic mass is 35.5. The predicted molar refractivity (Wildman–Crippen MR) is 116 cm³/mol. The molecule has 0 N–H and O–H groups in total. The molecule has 2 aromatic carbocycles. The summed E-state index contributed by atoms with van der Waals surface area (Å²) in [6.07, 6.45) is 0. The molecule has 7 heteroatoms. The van der Waals surface area contributed by atoms with E-state index in [1.807, 2.05) is 50.2 Å². The average molecular weight is 435 g/mol. The molecule has 0 atom stereocenters. The largest absolute Gasteiger partial charge is 0.489 e. The van der Waals surface area contributed by atoms with Crippen molar-refractivity contribution in [1.29, 1.82) is 0 Å². The summed E-state index contributed by atoms with van der Waals surface area (Å²) in [6.45, 7) is 4.35. The van der Waals surface area contributed by atoms with Gasteiger partial charge >= 0.3 is 0 Å². The zero-order valence-electron chi connectivity index (χ0n) is 15.8. The van der Waals surface area contributed by atoms with E-state index in [1.165, 1.54) is 11.3 Å². The van der Waals surface area contributed by atoms with Crippen molar-refractivity contribution >= 4 is 40.4 Å². The third kappa shape index (κ3) is 4.85. The summed E-state index contributed by atoms with van der Waals surface area (Å²) < 4.78 is 5.80. The lowest BCUT2D eigenvalue weighted by Crippen LogP contribution is -2.33. The van der Waals surface area contributed by atoms with Crippen LogP contribution in [-0.2, 0) is 6.61 Å². The Morgan fingerprint density at radius 1 is 1.18 bits per heavy atom. The minimum Gasteiger partial charge on any atom is -0.489 e. The van der Waals surface area contributed by atoms with Crippen molar-refractivity contribution in [1.82, 2.24) is 9.88 Å². The Balaban J connectivity index is 1.72. The minimum atomic E-state index is -0.100. The Hall–Kier alpha value is -2.08. The molecule has 0 aliphatic carbocycles. The Labute approximate surface area is 178 Å². The van der Waals surface area contributed by atoms with E-state index in [4.69, 9.17) is 27.9 Å². The van der Waals surface area contributed by atoms with E-state index in [1.54, 1.807) is 23.4 Å². The van der Waals surface area contributed by atoms with Crippen LogP contribution in [0.5, 0.6) is 5.75 Å². The lowest BCUT2D eigenvalue weighted by Gasteiger charge is -2.20. The molecular formula is C21H20Cl2N2O2S. The Bertz CT molecular complexity index is 971. The molecule has 0 bridgehead atoms. The van der Waals surface area contributed by atoms with Crippen molar-refractivity contribution < 1.29 is 9.53 Å². The maximum Gasteiger partial charge on any atom is 0.273 e. The van der Waals surface area contributed by atoms with E-state index in [2.05, 4.69) is 4.98 Å². The number of thiazole rings is 1. The third-order valence-corrected chi connectivity index (χ3v) is 5.75. The van der Waals surface area contributed by atoms with Crippen LogP contribution in [0.4, 0.5) is 0 Å². The molecule has 1 heterocycles. The van der Waals surface area contributed by atoms with Crippen LogP contribution in [0, 0.1) is 0 Å². The molecule has 0 saturated heterocycles. The summed E-state index contributed by atoms with van der Waals surface area (Å²) in [5.41, 5.74) is 2.22. The molecule has 1 aromatic heterocycles. The fraction of sp³-hybridized carbons (Fsp3) is 0.238. The topological polar surface area (TPSA) is 42.4 Å². The first kappa shape index (κ1) is 20.6. The molecule has 0 spiro atoms. The van der Waals surface area contributed by atoms with Gasteiger partial charge in [-0.2, -0.15) is 0 Å². The highest BCUT2D eigenvalue weighted by Crippen LogP contribution is 2.33. The second-order valence-electron chi connectivity index (χ2n) is 6.60. The van der Waals surface area contributed by atoms with Crippen LogP contribution in [0.25, 0.3) is 10.6 Å². The van der Waals surface area contributed by atoms with Crippen LogP contribution in [0.3, 0.4) is 0 Å². The van der Waals surface area contributed by atoms with Crippen LogP contribution in [0.2, 0.25) is 10.0 Å². The summed E-state index contributed by atoms with van der Waals surface area (Å²) in [7, 11) is 1.77. The molecule has 3 rings (SSSR count). The molecular weight excluding hydrogens is 415 g/mol. The van der Waals surface area contributed by atoms with E-state index in [0.717, 1.165) is 11.1 Å². The number of carbonyl (C=O) groups excluding carboxylic acids is 1. The van der Waals surface area contributed by atoms with Gasteiger partial charge in [0.2, 0.25) is 0 Å². The number of benzene rings is 2. The minimum absolute atomic E-state index is 0.100. The summed E-state index contributed by atoms with van der Waals surface area (Å²) in [6, 6.07) is 13.1. The Kier molecular flexibility index (Phi) is 6.60. The van der Waals surface area contributed by atoms with Gasteiger partial charge in [-0.3, -0.25) is 4.79 Å². The first-order valence-corrected chi connectivity index (χ1v) is 10.4. The smallest absolute Gasteiger partial charge is 0.273 e. The normalized spacial score (nSPS) is 10.9.